The van der Waals surface area contributed by atoms with Gasteiger partial charge in [0, 0.05) is 24.5 Å². The second kappa shape index (κ2) is 5.99. The number of nitrogens with two attached hydrogens (primary N) is 2. The molecule has 0 atom stereocenters. The highest BCUT2D eigenvalue weighted by atomic mass is 32.2. The van der Waals surface area contributed by atoms with Crippen LogP contribution in [0.15, 0.2) is 17.0 Å². The van der Waals surface area contributed by atoms with Crippen molar-refractivity contribution < 1.29 is 8.42 Å². The monoisotopic (exact) mass is 298 g/mol. The van der Waals surface area contributed by atoms with Crippen molar-refractivity contribution in [2.75, 3.05) is 37.2 Å². The minimum absolute atomic E-state index is 0.0844. The molecule has 6 nitrogen and oxygen atoms in total. The molecule has 0 unspecified atom stereocenters. The van der Waals surface area contributed by atoms with Gasteiger partial charge in [0.15, 0.2) is 0 Å². The lowest BCUT2D eigenvalue weighted by Crippen LogP contribution is -2.26. The lowest BCUT2D eigenvalue weighted by molar-refractivity contribution is 0.352. The number of nitrogens with zero attached hydrogens (tertiary/aromatic N) is 1. The van der Waals surface area contributed by atoms with Gasteiger partial charge in [-0.25, -0.2) is 13.6 Å². The first-order valence-electron chi connectivity index (χ1n) is 6.77. The number of rotatable bonds is 5. The first-order chi connectivity index (χ1) is 9.38. The molecule has 1 saturated heterocycles. The summed E-state index contributed by atoms with van der Waals surface area (Å²) in [5.41, 5.74) is 7.48. The van der Waals surface area contributed by atoms with E-state index < -0.39 is 10.0 Å². The molecular weight excluding hydrogens is 276 g/mol. The fraction of sp³-hybridized carbons (Fsp3) is 0.538. The number of benzene rings is 1. The molecule has 1 aromatic carbocycles. The average molecular weight is 298 g/mol. The predicted molar refractivity (Wildman–Crippen MR) is 81.1 cm³/mol. The molecule has 1 aromatic rings. The predicted octanol–water partition coefficient (Wildman–Crippen LogP) is 0.732. The molecule has 0 aromatic heterocycles. The Kier molecular flexibility index (Phi) is 4.52. The number of nitrogen functional groups attached to an aromatic ring is 1. The van der Waals surface area contributed by atoms with E-state index in [1.807, 2.05) is 0 Å². The number of anilines is 2. The first kappa shape index (κ1) is 15.1. The molecule has 1 aliphatic heterocycles. The molecule has 2 rings (SSSR count). The van der Waals surface area contributed by atoms with Gasteiger partial charge in [0.1, 0.15) is 0 Å². The number of hydrogen-bond donors (Lipinski definition) is 3. The highest BCUT2D eigenvalue weighted by molar-refractivity contribution is 7.89. The van der Waals surface area contributed by atoms with Gasteiger partial charge in [-0.2, -0.15) is 0 Å². The van der Waals surface area contributed by atoms with Gasteiger partial charge >= 0.3 is 0 Å². The Morgan fingerprint density at radius 3 is 2.55 bits per heavy atom. The van der Waals surface area contributed by atoms with E-state index in [2.05, 4.69) is 10.2 Å². The van der Waals surface area contributed by atoms with Crippen LogP contribution in [0.25, 0.3) is 0 Å². The van der Waals surface area contributed by atoms with Crippen molar-refractivity contribution >= 4 is 21.4 Å². The Balaban J connectivity index is 2.09. The summed E-state index contributed by atoms with van der Waals surface area (Å²) in [4.78, 5) is 2.47. The Morgan fingerprint density at radius 1 is 1.30 bits per heavy atom. The molecule has 7 heteroatoms. The van der Waals surface area contributed by atoms with Crippen molar-refractivity contribution in [3.8, 4) is 0 Å². The van der Waals surface area contributed by atoms with Crippen LogP contribution in [-0.2, 0) is 10.0 Å². The molecule has 0 amide bonds. The fourth-order valence-electron chi connectivity index (χ4n) is 2.54. The van der Waals surface area contributed by atoms with Crippen molar-refractivity contribution in [3.63, 3.8) is 0 Å². The van der Waals surface area contributed by atoms with Crippen LogP contribution in [-0.4, -0.2) is 39.5 Å². The molecule has 5 N–H and O–H groups in total. The number of sulfonamides is 1. The van der Waals surface area contributed by atoms with Crippen molar-refractivity contribution in [2.24, 2.45) is 5.14 Å². The van der Waals surface area contributed by atoms with Crippen molar-refractivity contribution in [1.29, 1.82) is 0 Å². The Morgan fingerprint density at radius 2 is 1.95 bits per heavy atom. The third-order valence-corrected chi connectivity index (χ3v) is 4.67. The zero-order valence-electron chi connectivity index (χ0n) is 11.7. The smallest absolute Gasteiger partial charge is 0.238 e. The van der Waals surface area contributed by atoms with E-state index in [-0.39, 0.29) is 4.90 Å². The summed E-state index contributed by atoms with van der Waals surface area (Å²) < 4.78 is 23.1. The van der Waals surface area contributed by atoms with Gasteiger partial charge in [-0.1, -0.05) is 0 Å². The van der Waals surface area contributed by atoms with Crippen LogP contribution in [0.1, 0.15) is 18.4 Å². The minimum atomic E-state index is -3.75. The summed E-state index contributed by atoms with van der Waals surface area (Å²) >= 11 is 0. The zero-order chi connectivity index (χ0) is 14.8. The molecule has 0 aliphatic carbocycles. The molecule has 0 saturated carbocycles. The first-order valence-corrected chi connectivity index (χ1v) is 8.32. The van der Waals surface area contributed by atoms with Gasteiger partial charge in [0.25, 0.3) is 0 Å². The standard InChI is InChI=1S/C13H22N4O2S/c1-10-12(16-4-7-17-5-2-3-6-17)8-11(14)9-13(10)20(15,18)19/h8-9,16H,2-7,14H2,1H3,(H2,15,18,19). The fourth-order valence-corrected chi connectivity index (χ4v) is 3.38. The Bertz CT molecular complexity index is 580. The average Bonchev–Trinajstić information content (AvgIpc) is 2.84. The van der Waals surface area contributed by atoms with E-state index in [9.17, 15) is 8.42 Å². The van der Waals surface area contributed by atoms with Crippen LogP contribution >= 0.6 is 0 Å². The van der Waals surface area contributed by atoms with E-state index in [1.54, 1.807) is 13.0 Å². The normalized spacial score (nSPS) is 16.5. The number of likely N-dealkylation sites (tertiary alicyclic amines) is 1. The molecule has 112 valence electrons. The topological polar surface area (TPSA) is 101 Å². The largest absolute Gasteiger partial charge is 0.399 e. The molecule has 1 aliphatic rings. The van der Waals surface area contributed by atoms with E-state index in [0.717, 1.165) is 31.9 Å². The second-order valence-electron chi connectivity index (χ2n) is 5.21. The Hall–Kier alpha value is -1.31. The highest BCUT2D eigenvalue weighted by Crippen LogP contribution is 2.25. The van der Waals surface area contributed by atoms with Gasteiger partial charge in [-0.3, -0.25) is 0 Å². The number of nitrogens with one attached hydrogen (secondary N) is 1. The third kappa shape index (κ3) is 3.62. The summed E-state index contributed by atoms with van der Waals surface area (Å²) in [5, 5.41) is 8.46. The maximum absolute atomic E-state index is 11.5. The van der Waals surface area contributed by atoms with Gasteiger partial charge < -0.3 is 16.0 Å². The summed E-state index contributed by atoms with van der Waals surface area (Å²) in [7, 11) is -3.75. The van der Waals surface area contributed by atoms with Gasteiger partial charge in [0.2, 0.25) is 10.0 Å². The van der Waals surface area contributed by atoms with Crippen molar-refractivity contribution in [2.45, 2.75) is 24.7 Å². The Labute approximate surface area is 120 Å². The maximum Gasteiger partial charge on any atom is 0.238 e. The van der Waals surface area contributed by atoms with Crippen molar-refractivity contribution in [1.82, 2.24) is 4.90 Å². The van der Waals surface area contributed by atoms with Crippen molar-refractivity contribution in [3.05, 3.63) is 17.7 Å². The van der Waals surface area contributed by atoms with Crippen LogP contribution in [0.5, 0.6) is 0 Å². The van der Waals surface area contributed by atoms with Crippen LogP contribution in [0, 0.1) is 6.92 Å². The van der Waals surface area contributed by atoms with Crippen LogP contribution in [0.3, 0.4) is 0 Å². The molecular formula is C13H22N4O2S. The zero-order valence-corrected chi connectivity index (χ0v) is 12.5. The van der Waals surface area contributed by atoms with E-state index in [0.29, 0.717) is 11.3 Å². The molecule has 0 spiro atoms. The third-order valence-electron chi connectivity index (χ3n) is 3.63. The molecule has 20 heavy (non-hydrogen) atoms. The van der Waals surface area contributed by atoms with Gasteiger partial charge in [-0.15, -0.1) is 0 Å². The molecule has 1 heterocycles. The second-order valence-corrected chi connectivity index (χ2v) is 6.74. The van der Waals surface area contributed by atoms with Crippen LogP contribution < -0.4 is 16.2 Å². The summed E-state index contributed by atoms with van der Waals surface area (Å²) in [6.45, 7) is 5.71. The van der Waals surface area contributed by atoms with E-state index in [1.165, 1.54) is 18.9 Å². The number of hydrogen-bond acceptors (Lipinski definition) is 5. The SMILES string of the molecule is Cc1c(NCCN2CCCC2)cc(N)cc1S(N)(=O)=O. The van der Waals surface area contributed by atoms with Crippen LogP contribution in [0.2, 0.25) is 0 Å². The minimum Gasteiger partial charge on any atom is -0.399 e. The number of primary sulfonamides is 1. The molecule has 1 fully saturated rings. The summed E-state index contributed by atoms with van der Waals surface area (Å²) in [5.74, 6) is 0. The molecule has 0 bridgehead atoms. The quantitative estimate of drug-likeness (QED) is 0.696. The summed E-state index contributed by atoms with van der Waals surface area (Å²) in [6, 6.07) is 3.14. The highest BCUT2D eigenvalue weighted by Gasteiger charge is 2.16. The maximum atomic E-state index is 11.5. The lowest BCUT2D eigenvalue weighted by atomic mass is 10.2. The lowest BCUT2D eigenvalue weighted by Gasteiger charge is -2.17. The van der Waals surface area contributed by atoms with E-state index in [4.69, 9.17) is 10.9 Å². The van der Waals surface area contributed by atoms with E-state index >= 15 is 0 Å². The van der Waals surface area contributed by atoms with Crippen LogP contribution in [0.4, 0.5) is 11.4 Å². The molecule has 0 radical (unpaired) electrons. The van der Waals surface area contributed by atoms with Gasteiger partial charge in [0.05, 0.1) is 4.90 Å². The summed E-state index contributed by atoms with van der Waals surface area (Å²) in [6.07, 6.45) is 2.51. The van der Waals surface area contributed by atoms with Gasteiger partial charge in [-0.05, 0) is 50.6 Å².